The Morgan fingerprint density at radius 2 is 1.95 bits per heavy atom. The summed E-state index contributed by atoms with van der Waals surface area (Å²) in [6.07, 6.45) is 0.894. The molecule has 0 fully saturated rings. The van der Waals surface area contributed by atoms with Gasteiger partial charge in [0.2, 0.25) is 5.91 Å². The van der Waals surface area contributed by atoms with Gasteiger partial charge in [-0.15, -0.1) is 0 Å². The van der Waals surface area contributed by atoms with E-state index >= 15 is 0 Å². The quantitative estimate of drug-likeness (QED) is 0.819. The van der Waals surface area contributed by atoms with Crippen LogP contribution >= 0.6 is 15.9 Å². The SMILES string of the molecule is Cc1cc(C(=O)NNC(=O)CCc2cccc(Br)c2)c(C)o1. The van der Waals surface area contributed by atoms with Crippen LogP contribution in [0.1, 0.15) is 33.9 Å². The molecular weight excluding hydrogens is 348 g/mol. The highest BCUT2D eigenvalue weighted by Gasteiger charge is 2.14. The van der Waals surface area contributed by atoms with E-state index in [9.17, 15) is 9.59 Å². The van der Waals surface area contributed by atoms with Gasteiger partial charge in [0.05, 0.1) is 5.56 Å². The monoisotopic (exact) mass is 364 g/mol. The van der Waals surface area contributed by atoms with Crippen molar-refractivity contribution >= 4 is 27.7 Å². The summed E-state index contributed by atoms with van der Waals surface area (Å²) < 4.78 is 6.26. The average molecular weight is 365 g/mol. The molecule has 1 heterocycles. The van der Waals surface area contributed by atoms with Gasteiger partial charge in [0.1, 0.15) is 11.5 Å². The predicted octanol–water partition coefficient (Wildman–Crippen LogP) is 3.05. The summed E-state index contributed by atoms with van der Waals surface area (Å²) in [7, 11) is 0. The summed E-state index contributed by atoms with van der Waals surface area (Å²) in [6.45, 7) is 3.47. The molecule has 0 bridgehead atoms. The third kappa shape index (κ3) is 4.46. The molecule has 6 heteroatoms. The number of hydrogen-bond donors (Lipinski definition) is 2. The molecule has 0 radical (unpaired) electrons. The standard InChI is InChI=1S/C16H17BrN2O3/c1-10-8-14(11(2)22-10)16(21)19-18-15(20)7-6-12-4-3-5-13(17)9-12/h3-5,8-9H,6-7H2,1-2H3,(H,18,20)(H,19,21). The van der Waals surface area contributed by atoms with E-state index in [1.54, 1.807) is 19.9 Å². The number of furan rings is 1. The van der Waals surface area contributed by atoms with E-state index in [-0.39, 0.29) is 11.8 Å². The molecule has 2 aromatic rings. The zero-order chi connectivity index (χ0) is 16.1. The third-order valence-electron chi connectivity index (χ3n) is 3.13. The minimum absolute atomic E-state index is 0.244. The molecule has 116 valence electrons. The van der Waals surface area contributed by atoms with E-state index in [0.717, 1.165) is 10.0 Å². The highest BCUT2D eigenvalue weighted by atomic mass is 79.9. The molecule has 22 heavy (non-hydrogen) atoms. The zero-order valence-electron chi connectivity index (χ0n) is 12.4. The second kappa shape index (κ2) is 7.26. The van der Waals surface area contributed by atoms with Crippen LogP contribution in [0.4, 0.5) is 0 Å². The van der Waals surface area contributed by atoms with Crippen LogP contribution in [-0.2, 0) is 11.2 Å². The van der Waals surface area contributed by atoms with Crippen LogP contribution in [0.3, 0.4) is 0 Å². The minimum atomic E-state index is -0.384. The average Bonchev–Trinajstić information content (AvgIpc) is 2.81. The van der Waals surface area contributed by atoms with Crippen LogP contribution in [0.25, 0.3) is 0 Å². The summed E-state index contributed by atoms with van der Waals surface area (Å²) >= 11 is 3.39. The van der Waals surface area contributed by atoms with Crippen LogP contribution in [0.2, 0.25) is 0 Å². The topological polar surface area (TPSA) is 71.3 Å². The molecule has 2 amide bonds. The van der Waals surface area contributed by atoms with Crippen LogP contribution < -0.4 is 10.9 Å². The summed E-state index contributed by atoms with van der Waals surface area (Å²) in [5, 5.41) is 0. The number of carbonyl (C=O) groups is 2. The summed E-state index contributed by atoms with van der Waals surface area (Å²) in [5.41, 5.74) is 6.28. The van der Waals surface area contributed by atoms with Crippen molar-refractivity contribution in [2.24, 2.45) is 0 Å². The number of hydrazine groups is 1. The Balaban J connectivity index is 1.80. The number of halogens is 1. The molecule has 0 spiro atoms. The van der Waals surface area contributed by atoms with Crippen molar-refractivity contribution in [3.05, 3.63) is 57.5 Å². The number of hydrogen-bond acceptors (Lipinski definition) is 3. The number of nitrogens with one attached hydrogen (secondary N) is 2. The molecule has 0 atom stereocenters. The van der Waals surface area contributed by atoms with Crippen molar-refractivity contribution in [2.45, 2.75) is 26.7 Å². The van der Waals surface area contributed by atoms with Crippen molar-refractivity contribution in [1.29, 1.82) is 0 Å². The number of aryl methyl sites for hydroxylation is 3. The second-order valence-electron chi connectivity index (χ2n) is 4.96. The normalized spacial score (nSPS) is 10.3. The highest BCUT2D eigenvalue weighted by Crippen LogP contribution is 2.14. The lowest BCUT2D eigenvalue weighted by molar-refractivity contribution is -0.121. The molecule has 0 aliphatic carbocycles. The first-order valence-corrected chi connectivity index (χ1v) is 7.65. The molecule has 1 aromatic carbocycles. The van der Waals surface area contributed by atoms with E-state index in [1.165, 1.54) is 0 Å². The Morgan fingerprint density at radius 3 is 2.59 bits per heavy atom. The lowest BCUT2D eigenvalue weighted by Crippen LogP contribution is -2.41. The first-order chi connectivity index (χ1) is 10.5. The molecule has 0 saturated heterocycles. The molecular formula is C16H17BrN2O3. The van der Waals surface area contributed by atoms with E-state index in [0.29, 0.717) is 29.9 Å². The van der Waals surface area contributed by atoms with Crippen molar-refractivity contribution in [3.63, 3.8) is 0 Å². The molecule has 0 aliphatic rings. The van der Waals surface area contributed by atoms with Crippen molar-refractivity contribution in [2.75, 3.05) is 0 Å². The van der Waals surface area contributed by atoms with Gasteiger partial charge in [-0.25, -0.2) is 0 Å². The molecule has 0 unspecified atom stereocenters. The number of amides is 2. The molecule has 5 nitrogen and oxygen atoms in total. The maximum atomic E-state index is 11.9. The summed E-state index contributed by atoms with van der Waals surface area (Å²) in [6, 6.07) is 9.40. The minimum Gasteiger partial charge on any atom is -0.466 e. The smallest absolute Gasteiger partial charge is 0.273 e. The second-order valence-corrected chi connectivity index (χ2v) is 5.87. The van der Waals surface area contributed by atoms with Gasteiger partial charge in [0.15, 0.2) is 0 Å². The first-order valence-electron chi connectivity index (χ1n) is 6.86. The van der Waals surface area contributed by atoms with Crippen LogP contribution in [-0.4, -0.2) is 11.8 Å². The largest absolute Gasteiger partial charge is 0.466 e. The van der Waals surface area contributed by atoms with Crippen LogP contribution in [0.15, 0.2) is 39.2 Å². The predicted molar refractivity (Wildman–Crippen MR) is 86.3 cm³/mol. The third-order valence-corrected chi connectivity index (χ3v) is 3.62. The van der Waals surface area contributed by atoms with E-state index in [1.807, 2.05) is 24.3 Å². The molecule has 2 N–H and O–H groups in total. The van der Waals surface area contributed by atoms with Crippen molar-refractivity contribution < 1.29 is 14.0 Å². The summed E-state index contributed by atoms with van der Waals surface area (Å²) in [5.74, 6) is 0.554. The van der Waals surface area contributed by atoms with E-state index in [4.69, 9.17) is 4.42 Å². The van der Waals surface area contributed by atoms with Crippen LogP contribution in [0, 0.1) is 13.8 Å². The fourth-order valence-corrected chi connectivity index (χ4v) is 2.51. The Morgan fingerprint density at radius 1 is 1.18 bits per heavy atom. The summed E-state index contributed by atoms with van der Waals surface area (Å²) in [4.78, 5) is 23.7. The van der Waals surface area contributed by atoms with Gasteiger partial charge >= 0.3 is 0 Å². The Kier molecular flexibility index (Phi) is 5.38. The molecule has 0 aliphatic heterocycles. The van der Waals surface area contributed by atoms with Gasteiger partial charge in [-0.1, -0.05) is 28.1 Å². The zero-order valence-corrected chi connectivity index (χ0v) is 14.0. The number of rotatable bonds is 4. The Labute approximate surface area is 137 Å². The van der Waals surface area contributed by atoms with Crippen molar-refractivity contribution in [3.8, 4) is 0 Å². The highest BCUT2D eigenvalue weighted by molar-refractivity contribution is 9.10. The number of benzene rings is 1. The molecule has 0 saturated carbocycles. The number of carbonyl (C=O) groups excluding carboxylic acids is 2. The Hall–Kier alpha value is -2.08. The lowest BCUT2D eigenvalue weighted by Gasteiger charge is -2.07. The maximum Gasteiger partial charge on any atom is 0.273 e. The van der Waals surface area contributed by atoms with Gasteiger partial charge in [-0.2, -0.15) is 0 Å². The molecule has 2 rings (SSSR count). The van der Waals surface area contributed by atoms with Crippen molar-refractivity contribution in [1.82, 2.24) is 10.9 Å². The lowest BCUT2D eigenvalue weighted by atomic mass is 10.1. The van der Waals surface area contributed by atoms with Gasteiger partial charge in [-0.3, -0.25) is 20.4 Å². The fourth-order valence-electron chi connectivity index (χ4n) is 2.06. The van der Waals surface area contributed by atoms with E-state index in [2.05, 4.69) is 26.8 Å². The fraction of sp³-hybridized carbons (Fsp3) is 0.250. The van der Waals surface area contributed by atoms with Gasteiger partial charge in [0, 0.05) is 10.9 Å². The Bertz CT molecular complexity index is 694. The van der Waals surface area contributed by atoms with E-state index < -0.39 is 0 Å². The van der Waals surface area contributed by atoms with Gasteiger partial charge in [0.25, 0.3) is 5.91 Å². The first kappa shape index (κ1) is 16.3. The van der Waals surface area contributed by atoms with Gasteiger partial charge in [-0.05, 0) is 44.0 Å². The van der Waals surface area contributed by atoms with Crippen LogP contribution in [0.5, 0.6) is 0 Å². The van der Waals surface area contributed by atoms with Gasteiger partial charge < -0.3 is 4.42 Å². The maximum absolute atomic E-state index is 11.9. The molecule has 1 aromatic heterocycles.